The van der Waals surface area contributed by atoms with Crippen LogP contribution in [0.15, 0.2) is 36.4 Å². The van der Waals surface area contributed by atoms with Crippen LogP contribution >= 0.6 is 11.7 Å². The van der Waals surface area contributed by atoms with Gasteiger partial charge in [-0.15, -0.1) is 4.37 Å². The van der Waals surface area contributed by atoms with Crippen molar-refractivity contribution in [3.05, 3.63) is 47.7 Å². The number of carbonyl (C=O) groups excluding carboxylic acids is 1. The molecule has 0 spiro atoms. The van der Waals surface area contributed by atoms with E-state index in [-0.39, 0.29) is 12.2 Å². The van der Waals surface area contributed by atoms with Crippen LogP contribution in [-0.2, 0) is 9.53 Å². The van der Waals surface area contributed by atoms with E-state index >= 15 is 0 Å². The lowest BCUT2D eigenvalue weighted by atomic mass is 10.0. The Bertz CT molecular complexity index is 915. The Morgan fingerprint density at radius 1 is 1.06 bits per heavy atom. The second kappa shape index (κ2) is 13.6. The third kappa shape index (κ3) is 7.37. The highest BCUT2D eigenvalue weighted by Gasteiger charge is 2.40. The van der Waals surface area contributed by atoms with E-state index in [9.17, 15) is 4.79 Å². The van der Waals surface area contributed by atoms with Crippen molar-refractivity contribution in [2.75, 3.05) is 26.7 Å². The highest BCUT2D eigenvalue weighted by Crippen LogP contribution is 2.37. The number of esters is 1. The molecule has 0 saturated carbocycles. The van der Waals surface area contributed by atoms with Crippen LogP contribution in [0, 0.1) is 0 Å². The van der Waals surface area contributed by atoms with Crippen molar-refractivity contribution in [3.8, 4) is 5.88 Å². The maximum Gasteiger partial charge on any atom is 0.310 e. The number of hydrogen-bond acceptors (Lipinski definition) is 6. The Kier molecular flexibility index (Phi) is 10.5. The van der Waals surface area contributed by atoms with Gasteiger partial charge in [-0.2, -0.15) is 4.37 Å². The Labute approximate surface area is 208 Å². The van der Waals surface area contributed by atoms with E-state index in [1.807, 2.05) is 18.2 Å². The summed E-state index contributed by atoms with van der Waals surface area (Å²) >= 11 is 1.20. The fraction of sp³-hybridized carbons (Fsp3) is 0.593. The van der Waals surface area contributed by atoms with Crippen molar-refractivity contribution < 1.29 is 18.8 Å². The number of quaternary nitrogens is 1. The van der Waals surface area contributed by atoms with Gasteiger partial charge in [-0.1, -0.05) is 70.2 Å². The van der Waals surface area contributed by atoms with Gasteiger partial charge in [0.25, 0.3) is 12.1 Å². The van der Waals surface area contributed by atoms with Crippen molar-refractivity contribution >= 4 is 23.3 Å². The quantitative estimate of drug-likeness (QED) is 0.172. The summed E-state index contributed by atoms with van der Waals surface area (Å²) in [5.41, 5.74) is 2.98. The fourth-order valence-corrected chi connectivity index (χ4v) is 5.01. The molecule has 0 saturated heterocycles. The molecule has 3 rings (SSSR count). The summed E-state index contributed by atoms with van der Waals surface area (Å²) in [6.07, 6.45) is 10.9. The minimum Gasteiger partial charge on any atom is -0.475 e. The maximum atomic E-state index is 12.8. The summed E-state index contributed by atoms with van der Waals surface area (Å²) in [6, 6.07) is 10.1. The fourth-order valence-electron chi connectivity index (χ4n) is 4.48. The largest absolute Gasteiger partial charge is 0.475 e. The monoisotopic (exact) mass is 486 g/mol. The van der Waals surface area contributed by atoms with Crippen LogP contribution in [0.3, 0.4) is 0 Å². The predicted molar refractivity (Wildman–Crippen MR) is 137 cm³/mol. The summed E-state index contributed by atoms with van der Waals surface area (Å²) in [4.78, 5) is 12.8. The Hall–Kier alpha value is -2.25. The van der Waals surface area contributed by atoms with E-state index in [1.165, 1.54) is 31.0 Å². The third-order valence-electron chi connectivity index (χ3n) is 6.44. The zero-order valence-electron chi connectivity index (χ0n) is 21.0. The second-order valence-electron chi connectivity index (χ2n) is 9.42. The molecule has 2 heterocycles. The summed E-state index contributed by atoms with van der Waals surface area (Å²) < 4.78 is 21.8. The molecule has 2 aromatic rings. The smallest absolute Gasteiger partial charge is 0.310 e. The minimum absolute atomic E-state index is 0.121. The lowest BCUT2D eigenvalue weighted by molar-refractivity contribution is -0.953. The zero-order chi connectivity index (χ0) is 24.2. The molecular formula is C27H40N3O3S+. The standard InChI is InChI=1S/C27H40N3O3S/c1-4-6-8-13-20-32-26-25(28-34-29-26)23-17-14-19-30(3,21-23)27(22-15-11-9-12-16-22)33-24(31)18-10-7-5-2/h9,11-12,15-17,27H,4-8,10,13-14,18-21H2,1-3H3/q+1. The average molecular weight is 487 g/mol. The van der Waals surface area contributed by atoms with Crippen LogP contribution in [-0.4, -0.2) is 45.9 Å². The van der Waals surface area contributed by atoms with E-state index in [0.29, 0.717) is 29.9 Å². The topological polar surface area (TPSA) is 61.3 Å². The van der Waals surface area contributed by atoms with Crippen molar-refractivity contribution in [1.29, 1.82) is 0 Å². The molecule has 1 aromatic heterocycles. The number of rotatable bonds is 14. The van der Waals surface area contributed by atoms with Crippen molar-refractivity contribution in [2.45, 2.75) is 77.9 Å². The van der Waals surface area contributed by atoms with Gasteiger partial charge in [0.15, 0.2) is 0 Å². The van der Waals surface area contributed by atoms with Gasteiger partial charge < -0.3 is 9.47 Å². The van der Waals surface area contributed by atoms with Crippen LogP contribution < -0.4 is 4.74 Å². The number of unbranched alkanes of at least 4 members (excludes halogenated alkanes) is 5. The SMILES string of the molecule is CCCCCCOc1nsnc1C1=CCC[N+](C)(C(OC(=O)CCCCC)c2ccccc2)C1. The van der Waals surface area contributed by atoms with E-state index < -0.39 is 0 Å². The summed E-state index contributed by atoms with van der Waals surface area (Å²) in [6.45, 7) is 6.61. The average Bonchev–Trinajstić information content (AvgIpc) is 3.32. The number of carbonyl (C=O) groups is 1. The first-order valence-electron chi connectivity index (χ1n) is 12.8. The highest BCUT2D eigenvalue weighted by molar-refractivity contribution is 6.99. The van der Waals surface area contributed by atoms with Crippen molar-refractivity contribution in [3.63, 3.8) is 0 Å². The Balaban J connectivity index is 1.74. The molecule has 2 atom stereocenters. The molecule has 1 aliphatic rings. The lowest BCUT2D eigenvalue weighted by Crippen LogP contribution is -2.51. The van der Waals surface area contributed by atoms with Crippen LogP contribution in [0.25, 0.3) is 5.57 Å². The number of benzene rings is 1. The summed E-state index contributed by atoms with van der Waals surface area (Å²) in [7, 11) is 2.18. The molecule has 0 fully saturated rings. The lowest BCUT2D eigenvalue weighted by Gasteiger charge is -2.42. The molecule has 0 aliphatic carbocycles. The Morgan fingerprint density at radius 3 is 2.59 bits per heavy atom. The van der Waals surface area contributed by atoms with E-state index in [0.717, 1.165) is 55.5 Å². The molecule has 6 nitrogen and oxygen atoms in total. The van der Waals surface area contributed by atoms with Crippen molar-refractivity contribution in [2.24, 2.45) is 0 Å². The minimum atomic E-state index is -0.357. The van der Waals surface area contributed by atoms with Gasteiger partial charge >= 0.3 is 5.97 Å². The van der Waals surface area contributed by atoms with E-state index in [2.05, 4.69) is 47.9 Å². The number of ether oxygens (including phenoxy) is 2. The molecule has 2 unspecified atom stereocenters. The second-order valence-corrected chi connectivity index (χ2v) is 9.94. The van der Waals surface area contributed by atoms with Crippen LogP contribution in [0.1, 0.15) is 89.1 Å². The normalized spacial score (nSPS) is 18.9. The van der Waals surface area contributed by atoms with Gasteiger partial charge in [0.2, 0.25) is 0 Å². The number of nitrogens with zero attached hydrogens (tertiary/aromatic N) is 3. The molecule has 186 valence electrons. The molecule has 0 radical (unpaired) electrons. The highest BCUT2D eigenvalue weighted by atomic mass is 32.1. The molecule has 34 heavy (non-hydrogen) atoms. The van der Waals surface area contributed by atoms with Crippen molar-refractivity contribution in [1.82, 2.24) is 8.75 Å². The molecule has 0 N–H and O–H groups in total. The predicted octanol–water partition coefficient (Wildman–Crippen LogP) is 6.55. The van der Waals surface area contributed by atoms with E-state index in [4.69, 9.17) is 9.47 Å². The number of hydrogen-bond donors (Lipinski definition) is 0. The summed E-state index contributed by atoms with van der Waals surface area (Å²) in [5.74, 6) is 0.512. The molecule has 1 aliphatic heterocycles. The first-order valence-corrected chi connectivity index (χ1v) is 13.5. The summed E-state index contributed by atoms with van der Waals surface area (Å²) in [5, 5.41) is 0. The van der Waals surface area contributed by atoms with Gasteiger partial charge in [-0.25, -0.2) is 0 Å². The van der Waals surface area contributed by atoms with Gasteiger partial charge in [0, 0.05) is 18.4 Å². The third-order valence-corrected chi connectivity index (χ3v) is 6.95. The Morgan fingerprint density at radius 2 is 1.82 bits per heavy atom. The van der Waals surface area contributed by atoms with Crippen LogP contribution in [0.4, 0.5) is 0 Å². The number of aromatic nitrogens is 2. The van der Waals surface area contributed by atoms with Gasteiger partial charge in [-0.05, 0) is 25.0 Å². The molecular weight excluding hydrogens is 446 g/mol. The van der Waals surface area contributed by atoms with E-state index in [1.54, 1.807) is 0 Å². The van der Waals surface area contributed by atoms with Gasteiger partial charge in [-0.3, -0.25) is 9.28 Å². The molecule has 0 amide bonds. The first-order chi connectivity index (χ1) is 16.6. The number of likely N-dealkylation sites (N-methyl/N-ethyl adjacent to an activating group) is 1. The van der Waals surface area contributed by atoms with Crippen LogP contribution in [0.2, 0.25) is 0 Å². The zero-order valence-corrected chi connectivity index (χ0v) is 21.8. The maximum absolute atomic E-state index is 12.8. The first kappa shape index (κ1) is 26.4. The molecule has 7 heteroatoms. The van der Waals surface area contributed by atoms with Gasteiger partial charge in [0.05, 0.1) is 37.5 Å². The molecule has 0 bridgehead atoms. The van der Waals surface area contributed by atoms with Crippen LogP contribution in [0.5, 0.6) is 5.88 Å². The molecule has 1 aromatic carbocycles. The van der Waals surface area contributed by atoms with Gasteiger partial charge in [0.1, 0.15) is 12.2 Å².